The summed E-state index contributed by atoms with van der Waals surface area (Å²) in [4.78, 5) is 10.4. The Morgan fingerprint density at radius 2 is 1.55 bits per heavy atom. The van der Waals surface area contributed by atoms with Crippen molar-refractivity contribution in [2.45, 2.75) is 58.8 Å². The maximum Gasteiger partial charge on any atom is 0.302 e. The quantitative estimate of drug-likeness (QED) is 0.555. The molecule has 0 atom stereocenters. The Kier molecular flexibility index (Phi) is 12.9. The maximum atomic E-state index is 10.4. The van der Waals surface area contributed by atoms with E-state index in [1.54, 1.807) is 24.3 Å². The first kappa shape index (κ1) is 18.5. The average Bonchev–Trinajstić information content (AvgIpc) is 2.43. The first-order chi connectivity index (χ1) is 9.66. The highest BCUT2D eigenvalue weighted by Gasteiger charge is 1.93. The van der Waals surface area contributed by atoms with E-state index in [-0.39, 0.29) is 5.97 Å². The molecule has 20 heavy (non-hydrogen) atoms. The molecule has 0 heterocycles. The number of carbonyl (C=O) groups excluding carboxylic acids is 1. The summed E-state index contributed by atoms with van der Waals surface area (Å²) < 4.78 is 4.83. The molecule has 114 valence electrons. The summed E-state index contributed by atoms with van der Waals surface area (Å²) in [5.41, 5.74) is 0. The van der Waals surface area contributed by atoms with E-state index in [4.69, 9.17) is 9.84 Å². The third-order valence-corrected chi connectivity index (χ3v) is 2.81. The molecule has 1 aromatic carbocycles. The summed E-state index contributed by atoms with van der Waals surface area (Å²) in [6, 6.07) is 8.71. The molecule has 0 aliphatic rings. The van der Waals surface area contributed by atoms with Crippen LogP contribution in [0.3, 0.4) is 0 Å². The molecule has 0 unspecified atom stereocenters. The van der Waals surface area contributed by atoms with Gasteiger partial charge < -0.3 is 9.84 Å². The minimum atomic E-state index is -0.161. The summed E-state index contributed by atoms with van der Waals surface area (Å²) in [7, 11) is 0. The molecule has 0 radical (unpaired) electrons. The van der Waals surface area contributed by atoms with E-state index in [1.807, 2.05) is 6.07 Å². The summed E-state index contributed by atoms with van der Waals surface area (Å²) in [6.45, 7) is 4.28. The van der Waals surface area contributed by atoms with Gasteiger partial charge in [0.1, 0.15) is 5.75 Å². The first-order valence-corrected chi connectivity index (χ1v) is 7.54. The number of esters is 1. The molecule has 0 saturated heterocycles. The molecular weight excluding hydrogens is 252 g/mol. The minimum Gasteiger partial charge on any atom is -0.508 e. The van der Waals surface area contributed by atoms with Gasteiger partial charge in [0.25, 0.3) is 0 Å². The van der Waals surface area contributed by atoms with Crippen molar-refractivity contribution in [2.24, 2.45) is 0 Å². The SMILES string of the molecule is CCCCCCCCCOC(C)=O.Oc1ccccc1. The first-order valence-electron chi connectivity index (χ1n) is 7.54. The van der Waals surface area contributed by atoms with Gasteiger partial charge in [-0.25, -0.2) is 0 Å². The number of unbranched alkanes of at least 4 members (excludes halogenated alkanes) is 6. The third kappa shape index (κ3) is 14.6. The van der Waals surface area contributed by atoms with Crippen LogP contribution in [0.1, 0.15) is 58.8 Å². The summed E-state index contributed by atoms with van der Waals surface area (Å²) in [5.74, 6) is 0.161. The van der Waals surface area contributed by atoms with Gasteiger partial charge in [-0.2, -0.15) is 0 Å². The Hall–Kier alpha value is -1.51. The Morgan fingerprint density at radius 1 is 1.00 bits per heavy atom. The predicted octanol–water partition coefficient (Wildman–Crippen LogP) is 4.69. The fraction of sp³-hybridized carbons (Fsp3) is 0.588. The third-order valence-electron chi connectivity index (χ3n) is 2.81. The Bertz CT molecular complexity index is 322. The van der Waals surface area contributed by atoms with Crippen molar-refractivity contribution in [3.05, 3.63) is 30.3 Å². The zero-order valence-electron chi connectivity index (χ0n) is 12.8. The van der Waals surface area contributed by atoms with Gasteiger partial charge in [0.2, 0.25) is 0 Å². The molecule has 3 nitrogen and oxygen atoms in total. The highest BCUT2D eigenvalue weighted by atomic mass is 16.5. The monoisotopic (exact) mass is 280 g/mol. The summed E-state index contributed by atoms with van der Waals surface area (Å²) in [6.07, 6.45) is 8.82. The van der Waals surface area contributed by atoms with Gasteiger partial charge in [-0.3, -0.25) is 4.79 Å². The molecule has 1 N–H and O–H groups in total. The van der Waals surface area contributed by atoms with E-state index < -0.39 is 0 Å². The zero-order chi connectivity index (χ0) is 15.1. The highest BCUT2D eigenvalue weighted by Crippen LogP contribution is 2.06. The smallest absolute Gasteiger partial charge is 0.302 e. The molecule has 0 saturated carbocycles. The number of aromatic hydroxyl groups is 1. The van der Waals surface area contributed by atoms with Gasteiger partial charge >= 0.3 is 5.97 Å². The lowest BCUT2D eigenvalue weighted by Crippen LogP contribution is -1.99. The van der Waals surface area contributed by atoms with Gasteiger partial charge in [0.15, 0.2) is 0 Å². The van der Waals surface area contributed by atoms with Crippen molar-refractivity contribution in [1.82, 2.24) is 0 Å². The second kappa shape index (κ2) is 13.9. The van der Waals surface area contributed by atoms with Crippen molar-refractivity contribution >= 4 is 5.97 Å². The molecule has 3 heteroatoms. The van der Waals surface area contributed by atoms with Gasteiger partial charge in [-0.1, -0.05) is 63.6 Å². The normalized spacial score (nSPS) is 9.50. The van der Waals surface area contributed by atoms with Crippen LogP contribution in [0, 0.1) is 0 Å². The van der Waals surface area contributed by atoms with Gasteiger partial charge in [0.05, 0.1) is 6.61 Å². The van der Waals surface area contributed by atoms with Gasteiger partial charge in [-0.15, -0.1) is 0 Å². The molecule has 0 bridgehead atoms. The number of benzene rings is 1. The standard InChI is InChI=1S/C11H22O2.C6H6O/c1-3-4-5-6-7-8-9-10-13-11(2)12;7-6-4-2-1-3-5-6/h3-10H2,1-2H3;1-5,7H. The van der Waals surface area contributed by atoms with E-state index in [1.165, 1.54) is 45.4 Å². The van der Waals surface area contributed by atoms with Gasteiger partial charge in [-0.05, 0) is 18.6 Å². The van der Waals surface area contributed by atoms with Crippen LogP contribution in [0.25, 0.3) is 0 Å². The number of para-hydroxylation sites is 1. The van der Waals surface area contributed by atoms with E-state index in [2.05, 4.69) is 6.92 Å². The minimum absolute atomic E-state index is 0.161. The van der Waals surface area contributed by atoms with Crippen LogP contribution < -0.4 is 0 Å². The molecule has 0 aliphatic carbocycles. The van der Waals surface area contributed by atoms with Crippen molar-refractivity contribution in [3.8, 4) is 5.75 Å². The van der Waals surface area contributed by atoms with Crippen molar-refractivity contribution in [2.75, 3.05) is 6.61 Å². The lowest BCUT2D eigenvalue weighted by atomic mass is 10.1. The molecule has 0 amide bonds. The van der Waals surface area contributed by atoms with Crippen LogP contribution >= 0.6 is 0 Å². The number of hydrogen-bond acceptors (Lipinski definition) is 3. The number of rotatable bonds is 8. The Morgan fingerprint density at radius 3 is 2.00 bits per heavy atom. The predicted molar refractivity (Wildman–Crippen MR) is 82.7 cm³/mol. The average molecular weight is 280 g/mol. The number of phenols is 1. The Labute approximate surface area is 123 Å². The second-order valence-electron chi connectivity index (χ2n) is 4.80. The molecule has 0 fully saturated rings. The number of hydrogen-bond donors (Lipinski definition) is 1. The van der Waals surface area contributed by atoms with E-state index in [9.17, 15) is 4.79 Å². The molecule has 0 aliphatic heterocycles. The zero-order valence-corrected chi connectivity index (χ0v) is 12.8. The van der Waals surface area contributed by atoms with Crippen LogP contribution in [-0.4, -0.2) is 17.7 Å². The fourth-order valence-corrected chi connectivity index (χ4v) is 1.70. The van der Waals surface area contributed by atoms with E-state index in [0.29, 0.717) is 12.4 Å². The van der Waals surface area contributed by atoms with E-state index in [0.717, 1.165) is 6.42 Å². The topological polar surface area (TPSA) is 46.5 Å². The number of carbonyl (C=O) groups is 1. The largest absolute Gasteiger partial charge is 0.508 e. The molecule has 0 aromatic heterocycles. The van der Waals surface area contributed by atoms with Crippen LogP contribution in [0.4, 0.5) is 0 Å². The van der Waals surface area contributed by atoms with Gasteiger partial charge in [0, 0.05) is 6.92 Å². The molecule has 1 rings (SSSR count). The Balaban J connectivity index is 0.000000428. The lowest BCUT2D eigenvalue weighted by molar-refractivity contribution is -0.141. The van der Waals surface area contributed by atoms with Crippen molar-refractivity contribution in [1.29, 1.82) is 0 Å². The lowest BCUT2D eigenvalue weighted by Gasteiger charge is -2.01. The van der Waals surface area contributed by atoms with Crippen molar-refractivity contribution < 1.29 is 14.6 Å². The fourth-order valence-electron chi connectivity index (χ4n) is 1.70. The number of phenolic OH excluding ortho intramolecular Hbond substituents is 1. The second-order valence-corrected chi connectivity index (χ2v) is 4.80. The van der Waals surface area contributed by atoms with E-state index >= 15 is 0 Å². The molecular formula is C17H28O3. The number of ether oxygens (including phenoxy) is 1. The van der Waals surface area contributed by atoms with Crippen LogP contribution in [0.5, 0.6) is 5.75 Å². The van der Waals surface area contributed by atoms with Crippen LogP contribution in [-0.2, 0) is 9.53 Å². The van der Waals surface area contributed by atoms with Crippen LogP contribution in [0.2, 0.25) is 0 Å². The summed E-state index contributed by atoms with van der Waals surface area (Å²) in [5, 5.41) is 8.63. The van der Waals surface area contributed by atoms with Crippen molar-refractivity contribution in [3.63, 3.8) is 0 Å². The molecule has 0 spiro atoms. The molecule has 1 aromatic rings. The highest BCUT2D eigenvalue weighted by molar-refractivity contribution is 5.65. The van der Waals surface area contributed by atoms with Crippen LogP contribution in [0.15, 0.2) is 30.3 Å². The summed E-state index contributed by atoms with van der Waals surface area (Å²) >= 11 is 0. The maximum absolute atomic E-state index is 10.4.